The Morgan fingerprint density at radius 3 is 2.24 bits per heavy atom. The zero-order chi connectivity index (χ0) is 15.1. The average molecular weight is 311 g/mol. The van der Waals surface area contributed by atoms with Crippen LogP contribution in [0.4, 0.5) is 5.69 Å². The summed E-state index contributed by atoms with van der Waals surface area (Å²) in [5.74, 6) is 0. The molecule has 0 atom stereocenters. The maximum Gasteiger partial charge on any atom is 0.240 e. The van der Waals surface area contributed by atoms with Crippen molar-refractivity contribution >= 4 is 15.7 Å². The van der Waals surface area contributed by atoms with Crippen LogP contribution in [0.5, 0.6) is 0 Å². The fourth-order valence-electron chi connectivity index (χ4n) is 2.59. The summed E-state index contributed by atoms with van der Waals surface area (Å²) in [6.45, 7) is 4.32. The Hall–Kier alpha value is -1.11. The summed E-state index contributed by atoms with van der Waals surface area (Å²) in [4.78, 5) is 2.79. The molecule has 0 saturated carbocycles. The van der Waals surface area contributed by atoms with E-state index in [0.29, 0.717) is 4.90 Å². The summed E-state index contributed by atoms with van der Waals surface area (Å²) < 4.78 is 25.6. The minimum Gasteiger partial charge on any atom is -0.384 e. The van der Waals surface area contributed by atoms with E-state index in [1.807, 2.05) is 12.1 Å². The van der Waals surface area contributed by atoms with Gasteiger partial charge in [0.05, 0.1) is 4.90 Å². The van der Waals surface area contributed by atoms with Gasteiger partial charge in [0, 0.05) is 18.8 Å². The molecule has 0 unspecified atom stereocenters. The standard InChI is InChI=1S/C15H25N3O2S/c1-16-21(19,20)15-8-6-14(7-9-15)17-10-13-18-11-4-2-3-5-12-18/h6-9,16-17H,2-5,10-13H2,1H3. The fourth-order valence-corrected chi connectivity index (χ4v) is 3.32. The zero-order valence-electron chi connectivity index (χ0n) is 12.6. The van der Waals surface area contributed by atoms with Crippen LogP contribution < -0.4 is 10.0 Å². The maximum atomic E-state index is 11.6. The van der Waals surface area contributed by atoms with Crippen LogP contribution in [0.25, 0.3) is 0 Å². The lowest BCUT2D eigenvalue weighted by Gasteiger charge is -2.20. The highest BCUT2D eigenvalue weighted by Gasteiger charge is 2.11. The van der Waals surface area contributed by atoms with Crippen LogP contribution in [0, 0.1) is 0 Å². The van der Waals surface area contributed by atoms with Crippen molar-refractivity contribution in [3.05, 3.63) is 24.3 Å². The molecule has 0 bridgehead atoms. The van der Waals surface area contributed by atoms with Gasteiger partial charge in [-0.2, -0.15) is 0 Å². The Bertz CT molecular complexity index is 520. The Morgan fingerprint density at radius 1 is 1.05 bits per heavy atom. The fraction of sp³-hybridized carbons (Fsp3) is 0.600. The molecular formula is C15H25N3O2S. The molecule has 1 fully saturated rings. The number of benzene rings is 1. The topological polar surface area (TPSA) is 61.4 Å². The molecule has 6 heteroatoms. The minimum atomic E-state index is -3.34. The number of nitrogens with one attached hydrogen (secondary N) is 2. The first-order valence-electron chi connectivity index (χ1n) is 7.62. The van der Waals surface area contributed by atoms with Gasteiger partial charge in [0.1, 0.15) is 0 Å². The quantitative estimate of drug-likeness (QED) is 0.842. The van der Waals surface area contributed by atoms with E-state index in [0.717, 1.165) is 18.8 Å². The third-order valence-electron chi connectivity index (χ3n) is 3.89. The smallest absolute Gasteiger partial charge is 0.240 e. The van der Waals surface area contributed by atoms with Gasteiger partial charge in [-0.1, -0.05) is 12.8 Å². The first-order valence-corrected chi connectivity index (χ1v) is 9.10. The lowest BCUT2D eigenvalue weighted by atomic mass is 10.2. The highest BCUT2D eigenvalue weighted by Crippen LogP contribution is 2.14. The van der Waals surface area contributed by atoms with Crippen molar-refractivity contribution in [3.8, 4) is 0 Å². The first kappa shape index (κ1) is 16.3. The summed E-state index contributed by atoms with van der Waals surface area (Å²) in [6, 6.07) is 6.87. The van der Waals surface area contributed by atoms with Gasteiger partial charge in [-0.25, -0.2) is 13.1 Å². The minimum absolute atomic E-state index is 0.295. The highest BCUT2D eigenvalue weighted by molar-refractivity contribution is 7.89. The van der Waals surface area contributed by atoms with Crippen LogP contribution in [0.3, 0.4) is 0 Å². The highest BCUT2D eigenvalue weighted by atomic mass is 32.2. The van der Waals surface area contributed by atoms with Gasteiger partial charge >= 0.3 is 0 Å². The molecule has 2 rings (SSSR count). The summed E-state index contributed by atoms with van der Waals surface area (Å²) >= 11 is 0. The van der Waals surface area contributed by atoms with Crippen molar-refractivity contribution < 1.29 is 8.42 Å². The van der Waals surface area contributed by atoms with E-state index in [9.17, 15) is 8.42 Å². The summed E-state index contributed by atoms with van der Waals surface area (Å²) in [5, 5.41) is 3.35. The molecule has 1 aromatic rings. The molecular weight excluding hydrogens is 286 g/mol. The van der Waals surface area contributed by atoms with E-state index >= 15 is 0 Å². The molecule has 118 valence electrons. The Morgan fingerprint density at radius 2 is 1.67 bits per heavy atom. The average Bonchev–Trinajstić information content (AvgIpc) is 2.77. The maximum absolute atomic E-state index is 11.6. The van der Waals surface area contributed by atoms with Gasteiger partial charge in [0.25, 0.3) is 0 Å². The Balaban J connectivity index is 1.81. The van der Waals surface area contributed by atoms with Gasteiger partial charge in [0.2, 0.25) is 10.0 Å². The van der Waals surface area contributed by atoms with Crippen LogP contribution in [-0.4, -0.2) is 46.5 Å². The SMILES string of the molecule is CNS(=O)(=O)c1ccc(NCCN2CCCCCC2)cc1. The molecule has 0 amide bonds. The van der Waals surface area contributed by atoms with E-state index in [-0.39, 0.29) is 0 Å². The molecule has 0 aromatic heterocycles. The van der Waals surface area contributed by atoms with E-state index < -0.39 is 10.0 Å². The van der Waals surface area contributed by atoms with Crippen molar-refractivity contribution in [1.82, 2.24) is 9.62 Å². The third kappa shape index (κ3) is 4.98. The summed E-state index contributed by atoms with van der Waals surface area (Å²) in [6.07, 6.45) is 5.31. The van der Waals surface area contributed by atoms with Gasteiger partial charge < -0.3 is 10.2 Å². The molecule has 0 aliphatic carbocycles. The van der Waals surface area contributed by atoms with Crippen LogP contribution in [0.15, 0.2) is 29.2 Å². The number of hydrogen-bond donors (Lipinski definition) is 2. The Kier molecular flexibility index (Phi) is 6.02. The third-order valence-corrected chi connectivity index (χ3v) is 5.32. The molecule has 2 N–H and O–H groups in total. The number of likely N-dealkylation sites (tertiary alicyclic amines) is 1. The van der Waals surface area contributed by atoms with E-state index in [1.165, 1.54) is 45.8 Å². The predicted molar refractivity (Wildman–Crippen MR) is 86.1 cm³/mol. The molecule has 1 saturated heterocycles. The molecule has 5 nitrogen and oxygen atoms in total. The molecule has 1 aliphatic heterocycles. The van der Waals surface area contributed by atoms with Crippen LogP contribution in [-0.2, 0) is 10.0 Å². The van der Waals surface area contributed by atoms with Crippen molar-refractivity contribution in [2.24, 2.45) is 0 Å². The molecule has 1 aliphatic rings. The van der Waals surface area contributed by atoms with Gasteiger partial charge in [-0.3, -0.25) is 0 Å². The van der Waals surface area contributed by atoms with Crippen molar-refractivity contribution in [2.45, 2.75) is 30.6 Å². The van der Waals surface area contributed by atoms with Crippen molar-refractivity contribution in [2.75, 3.05) is 38.5 Å². The molecule has 0 spiro atoms. The number of hydrogen-bond acceptors (Lipinski definition) is 4. The normalized spacial score (nSPS) is 17.4. The van der Waals surface area contributed by atoms with Crippen LogP contribution in [0.1, 0.15) is 25.7 Å². The first-order chi connectivity index (χ1) is 10.1. The predicted octanol–water partition coefficient (Wildman–Crippen LogP) is 1.88. The molecule has 1 heterocycles. The molecule has 0 radical (unpaired) electrons. The largest absolute Gasteiger partial charge is 0.384 e. The second-order valence-corrected chi connectivity index (χ2v) is 7.30. The van der Waals surface area contributed by atoms with Gasteiger partial charge in [-0.15, -0.1) is 0 Å². The van der Waals surface area contributed by atoms with Crippen LogP contribution >= 0.6 is 0 Å². The van der Waals surface area contributed by atoms with Crippen LogP contribution in [0.2, 0.25) is 0 Å². The zero-order valence-corrected chi connectivity index (χ0v) is 13.5. The van der Waals surface area contributed by atoms with E-state index in [1.54, 1.807) is 12.1 Å². The summed E-state index contributed by atoms with van der Waals surface area (Å²) in [5.41, 5.74) is 0.958. The van der Waals surface area contributed by atoms with E-state index in [2.05, 4.69) is 14.9 Å². The molecule has 1 aromatic carbocycles. The lowest BCUT2D eigenvalue weighted by molar-refractivity contribution is 0.296. The van der Waals surface area contributed by atoms with Gasteiger partial charge in [-0.05, 0) is 57.2 Å². The Labute approximate surface area is 127 Å². The molecule has 21 heavy (non-hydrogen) atoms. The van der Waals surface area contributed by atoms with Crippen molar-refractivity contribution in [1.29, 1.82) is 0 Å². The number of sulfonamides is 1. The van der Waals surface area contributed by atoms with Crippen molar-refractivity contribution in [3.63, 3.8) is 0 Å². The second kappa shape index (κ2) is 7.77. The second-order valence-electron chi connectivity index (χ2n) is 5.41. The number of anilines is 1. The number of rotatable bonds is 6. The number of nitrogens with zero attached hydrogens (tertiary/aromatic N) is 1. The van der Waals surface area contributed by atoms with Gasteiger partial charge in [0.15, 0.2) is 0 Å². The summed E-state index contributed by atoms with van der Waals surface area (Å²) in [7, 11) is -1.92. The monoisotopic (exact) mass is 311 g/mol. The van der Waals surface area contributed by atoms with E-state index in [4.69, 9.17) is 0 Å². The lowest BCUT2D eigenvalue weighted by Crippen LogP contribution is -2.29.